The number of phenols is 1. The predicted molar refractivity (Wildman–Crippen MR) is 121 cm³/mol. The molecule has 1 aliphatic heterocycles. The second kappa shape index (κ2) is 9.87. The van der Waals surface area contributed by atoms with Crippen LogP contribution in [-0.4, -0.2) is 75.5 Å². The van der Waals surface area contributed by atoms with Crippen LogP contribution < -0.4 is 5.32 Å². The SMILES string of the molecule is CC(Sc1nnnn1-c1ccc(O)cc1)C(=O)Nc1cccc(S(=O)(=O)N2CCOCC2)c1. The maximum Gasteiger partial charge on any atom is 0.243 e. The number of nitrogens with zero attached hydrogens (tertiary/aromatic N) is 5. The number of anilines is 1. The first-order chi connectivity index (χ1) is 15.8. The standard InChI is InChI=1S/C20H22N6O5S2/c1-14(32-20-22-23-24-26(20)16-5-7-17(27)8-6-16)19(28)21-15-3-2-4-18(13-15)33(29,30)25-9-11-31-12-10-25/h2-8,13-14,27H,9-12H2,1H3,(H,21,28). The smallest absolute Gasteiger partial charge is 0.243 e. The molecule has 1 amide bonds. The van der Waals surface area contributed by atoms with Crippen molar-refractivity contribution in [2.75, 3.05) is 31.6 Å². The maximum atomic E-state index is 12.9. The number of hydrogen-bond donors (Lipinski definition) is 2. The number of carbonyl (C=O) groups is 1. The second-order valence-electron chi connectivity index (χ2n) is 7.18. The minimum absolute atomic E-state index is 0.110. The average Bonchev–Trinajstić information content (AvgIpc) is 3.28. The summed E-state index contributed by atoms with van der Waals surface area (Å²) in [5.41, 5.74) is 1.01. The zero-order chi connectivity index (χ0) is 23.4. The van der Waals surface area contributed by atoms with Crippen molar-refractivity contribution in [2.45, 2.75) is 22.2 Å². The highest BCUT2D eigenvalue weighted by molar-refractivity contribution is 8.00. The quantitative estimate of drug-likeness (QED) is 0.472. The maximum absolute atomic E-state index is 12.9. The Morgan fingerprint density at radius 1 is 1.18 bits per heavy atom. The Morgan fingerprint density at radius 2 is 1.91 bits per heavy atom. The summed E-state index contributed by atoms with van der Waals surface area (Å²) in [4.78, 5) is 12.9. The van der Waals surface area contributed by atoms with Crippen LogP contribution in [0.25, 0.3) is 5.69 Å². The van der Waals surface area contributed by atoms with E-state index in [4.69, 9.17) is 4.74 Å². The predicted octanol–water partition coefficient (Wildman–Crippen LogP) is 1.51. The number of tetrazole rings is 1. The number of amides is 1. The lowest BCUT2D eigenvalue weighted by molar-refractivity contribution is -0.115. The highest BCUT2D eigenvalue weighted by Crippen LogP contribution is 2.26. The molecule has 0 spiro atoms. The topological polar surface area (TPSA) is 140 Å². The van der Waals surface area contributed by atoms with Gasteiger partial charge in [0.1, 0.15) is 5.75 Å². The molecular weight excluding hydrogens is 468 g/mol. The van der Waals surface area contributed by atoms with E-state index in [9.17, 15) is 18.3 Å². The van der Waals surface area contributed by atoms with Crippen molar-refractivity contribution in [1.29, 1.82) is 0 Å². The summed E-state index contributed by atoms with van der Waals surface area (Å²) >= 11 is 1.15. The molecule has 0 aliphatic carbocycles. The van der Waals surface area contributed by atoms with E-state index in [2.05, 4.69) is 20.8 Å². The lowest BCUT2D eigenvalue weighted by Gasteiger charge is -2.26. The second-order valence-corrected chi connectivity index (χ2v) is 10.4. The van der Waals surface area contributed by atoms with Gasteiger partial charge in [-0.3, -0.25) is 4.79 Å². The number of rotatable bonds is 7. The molecule has 2 heterocycles. The first-order valence-electron chi connectivity index (χ1n) is 10.1. The number of phenolic OH excluding ortho intramolecular Hbond substituents is 1. The number of morpholine rings is 1. The normalized spacial score (nSPS) is 15.8. The van der Waals surface area contributed by atoms with Crippen molar-refractivity contribution in [1.82, 2.24) is 24.5 Å². The fourth-order valence-electron chi connectivity index (χ4n) is 3.13. The molecule has 0 radical (unpaired) electrons. The Labute approximate surface area is 194 Å². The van der Waals surface area contributed by atoms with E-state index in [-0.39, 0.29) is 16.6 Å². The highest BCUT2D eigenvalue weighted by Gasteiger charge is 2.27. The molecule has 4 rings (SSSR count). The molecule has 2 N–H and O–H groups in total. The highest BCUT2D eigenvalue weighted by atomic mass is 32.2. The van der Waals surface area contributed by atoms with Crippen LogP contribution in [0.3, 0.4) is 0 Å². The fraction of sp³-hybridized carbons (Fsp3) is 0.300. The van der Waals surface area contributed by atoms with Gasteiger partial charge in [-0.2, -0.15) is 8.99 Å². The molecule has 174 valence electrons. The van der Waals surface area contributed by atoms with Crippen LogP contribution in [0.2, 0.25) is 0 Å². The molecule has 0 saturated carbocycles. The fourth-order valence-corrected chi connectivity index (χ4v) is 5.40. The first-order valence-corrected chi connectivity index (χ1v) is 12.4. The van der Waals surface area contributed by atoms with Gasteiger partial charge >= 0.3 is 0 Å². The van der Waals surface area contributed by atoms with Gasteiger partial charge in [0.25, 0.3) is 0 Å². The number of hydrogen-bond acceptors (Lipinski definition) is 9. The van der Waals surface area contributed by atoms with E-state index in [0.29, 0.717) is 42.8 Å². The van der Waals surface area contributed by atoms with Crippen molar-refractivity contribution in [3.05, 3.63) is 48.5 Å². The molecule has 1 aliphatic rings. The van der Waals surface area contributed by atoms with E-state index in [1.54, 1.807) is 31.2 Å². The molecule has 11 nitrogen and oxygen atoms in total. The lowest BCUT2D eigenvalue weighted by Crippen LogP contribution is -2.40. The number of aromatic hydroxyl groups is 1. The molecule has 1 unspecified atom stereocenters. The van der Waals surface area contributed by atoms with Gasteiger partial charge in [-0.05, 0) is 59.8 Å². The minimum Gasteiger partial charge on any atom is -0.508 e. The average molecular weight is 491 g/mol. The molecular formula is C20H22N6O5S2. The molecule has 0 bridgehead atoms. The van der Waals surface area contributed by atoms with Crippen LogP contribution in [0.15, 0.2) is 58.6 Å². The van der Waals surface area contributed by atoms with Crippen molar-refractivity contribution >= 4 is 33.4 Å². The van der Waals surface area contributed by atoms with Crippen LogP contribution in [0, 0.1) is 0 Å². The molecule has 33 heavy (non-hydrogen) atoms. The van der Waals surface area contributed by atoms with Crippen LogP contribution >= 0.6 is 11.8 Å². The van der Waals surface area contributed by atoms with Gasteiger partial charge < -0.3 is 15.2 Å². The van der Waals surface area contributed by atoms with Crippen LogP contribution in [0.1, 0.15) is 6.92 Å². The van der Waals surface area contributed by atoms with Gasteiger partial charge in [-0.1, -0.05) is 17.8 Å². The Kier molecular flexibility index (Phi) is 6.93. The summed E-state index contributed by atoms with van der Waals surface area (Å²) in [6, 6.07) is 12.5. The molecule has 3 aromatic rings. The number of carbonyl (C=O) groups excluding carboxylic acids is 1. The third kappa shape index (κ3) is 5.33. The van der Waals surface area contributed by atoms with Gasteiger partial charge in [-0.15, -0.1) is 5.10 Å². The number of nitrogens with one attached hydrogen (secondary N) is 1. The van der Waals surface area contributed by atoms with E-state index in [0.717, 1.165) is 11.8 Å². The van der Waals surface area contributed by atoms with Gasteiger partial charge in [0.15, 0.2) is 0 Å². The monoisotopic (exact) mass is 490 g/mol. The van der Waals surface area contributed by atoms with Gasteiger partial charge in [0.05, 0.1) is 29.0 Å². The summed E-state index contributed by atoms with van der Waals surface area (Å²) in [7, 11) is -3.67. The lowest BCUT2D eigenvalue weighted by atomic mass is 10.3. The zero-order valence-electron chi connectivity index (χ0n) is 17.7. The Balaban J connectivity index is 1.44. The van der Waals surface area contributed by atoms with Crippen LogP contribution in [-0.2, 0) is 19.6 Å². The van der Waals surface area contributed by atoms with E-state index < -0.39 is 15.3 Å². The van der Waals surface area contributed by atoms with Crippen molar-refractivity contribution in [3.63, 3.8) is 0 Å². The summed E-state index contributed by atoms with van der Waals surface area (Å²) in [5, 5.41) is 23.6. The zero-order valence-corrected chi connectivity index (χ0v) is 19.3. The number of benzene rings is 2. The van der Waals surface area contributed by atoms with Crippen molar-refractivity contribution in [3.8, 4) is 11.4 Å². The summed E-state index contributed by atoms with van der Waals surface area (Å²) < 4.78 is 33.8. The molecule has 1 aromatic heterocycles. The minimum atomic E-state index is -3.67. The van der Waals surface area contributed by atoms with Crippen molar-refractivity contribution < 1.29 is 23.1 Å². The van der Waals surface area contributed by atoms with Gasteiger partial charge in [0, 0.05) is 18.8 Å². The third-order valence-electron chi connectivity index (χ3n) is 4.90. The number of sulfonamides is 1. The first kappa shape index (κ1) is 23.2. The van der Waals surface area contributed by atoms with E-state index in [1.807, 2.05) is 0 Å². The summed E-state index contributed by atoms with van der Waals surface area (Å²) in [6.07, 6.45) is 0. The van der Waals surface area contributed by atoms with E-state index >= 15 is 0 Å². The number of aromatic nitrogens is 4. The largest absolute Gasteiger partial charge is 0.508 e. The van der Waals surface area contributed by atoms with Crippen LogP contribution in [0.5, 0.6) is 5.75 Å². The number of ether oxygens (including phenoxy) is 1. The summed E-state index contributed by atoms with van der Waals surface area (Å²) in [6.45, 7) is 3.00. The van der Waals surface area contributed by atoms with E-state index in [1.165, 1.54) is 33.3 Å². The van der Waals surface area contributed by atoms with Gasteiger partial charge in [0.2, 0.25) is 21.1 Å². The summed E-state index contributed by atoms with van der Waals surface area (Å²) in [5.74, 6) is -0.215. The molecule has 1 atom stereocenters. The molecule has 1 fully saturated rings. The van der Waals surface area contributed by atoms with Crippen molar-refractivity contribution in [2.24, 2.45) is 0 Å². The van der Waals surface area contributed by atoms with Gasteiger partial charge in [-0.25, -0.2) is 8.42 Å². The Morgan fingerprint density at radius 3 is 2.64 bits per heavy atom. The molecule has 1 saturated heterocycles. The molecule has 2 aromatic carbocycles. The number of thioether (sulfide) groups is 1. The molecule has 13 heteroatoms. The Bertz CT molecular complexity index is 1230. The third-order valence-corrected chi connectivity index (χ3v) is 7.82. The Hall–Kier alpha value is -3.00. The van der Waals surface area contributed by atoms with Crippen LogP contribution in [0.4, 0.5) is 5.69 Å².